The largest absolute Gasteiger partial charge is 0.474 e. The third-order valence-electron chi connectivity index (χ3n) is 4.67. The quantitative estimate of drug-likeness (QED) is 0.650. The number of rotatable bonds is 7. The Morgan fingerprint density at radius 3 is 2.48 bits per heavy atom. The highest BCUT2D eigenvalue weighted by atomic mass is 19.4. The Morgan fingerprint density at radius 1 is 1.15 bits per heavy atom. The lowest BCUT2D eigenvalue weighted by Gasteiger charge is -2.17. The summed E-state index contributed by atoms with van der Waals surface area (Å²) < 4.78 is 45.3. The zero-order valence-corrected chi connectivity index (χ0v) is 15.4. The normalized spacial score (nSPS) is 15.1. The number of anilines is 2. The summed E-state index contributed by atoms with van der Waals surface area (Å²) in [6.07, 6.45) is 2.72. The van der Waals surface area contributed by atoms with Gasteiger partial charge in [-0.1, -0.05) is 25.5 Å². The molecule has 146 valence electrons. The molecular weight excluding hydrogens is 355 g/mol. The van der Waals surface area contributed by atoms with Crippen LogP contribution in [0, 0.1) is 0 Å². The first-order chi connectivity index (χ1) is 13.0. The van der Waals surface area contributed by atoms with Crippen molar-refractivity contribution in [2.45, 2.75) is 64.1 Å². The van der Waals surface area contributed by atoms with E-state index in [-0.39, 0.29) is 12.1 Å². The number of unbranched alkanes of at least 4 members (excludes halogenated alkanes) is 1. The number of alkyl halides is 3. The summed E-state index contributed by atoms with van der Waals surface area (Å²) in [5.74, 6) is -0.302. The molecule has 1 N–H and O–H groups in total. The van der Waals surface area contributed by atoms with E-state index in [0.29, 0.717) is 0 Å². The van der Waals surface area contributed by atoms with Crippen LogP contribution >= 0.6 is 0 Å². The molecule has 1 aliphatic carbocycles. The lowest BCUT2D eigenvalue weighted by atomic mass is 10.1. The molecular formula is C20H24F3N3O. The first-order valence-electron chi connectivity index (χ1n) is 9.42. The molecule has 0 amide bonds. The number of hydrogen-bond donors (Lipinski definition) is 1. The fraction of sp³-hybridized carbons (Fsp3) is 0.500. The van der Waals surface area contributed by atoms with E-state index in [1.165, 1.54) is 5.56 Å². The number of nitrogens with zero attached hydrogens (tertiary/aromatic N) is 2. The highest BCUT2D eigenvalue weighted by Gasteiger charge is 2.37. The molecule has 0 bridgehead atoms. The Labute approximate surface area is 157 Å². The lowest BCUT2D eigenvalue weighted by molar-refractivity contribution is -0.139. The summed E-state index contributed by atoms with van der Waals surface area (Å²) in [6.45, 7) is 2.14. The van der Waals surface area contributed by atoms with Gasteiger partial charge in [-0.05, 0) is 56.2 Å². The second-order valence-electron chi connectivity index (χ2n) is 6.86. The molecule has 1 aromatic carbocycles. The van der Waals surface area contributed by atoms with Crippen LogP contribution in [0.3, 0.4) is 0 Å². The van der Waals surface area contributed by atoms with E-state index in [4.69, 9.17) is 4.74 Å². The Bertz CT molecular complexity index is 741. The molecule has 1 heterocycles. The molecule has 1 aliphatic rings. The van der Waals surface area contributed by atoms with Crippen molar-refractivity contribution in [1.29, 1.82) is 0 Å². The Hall–Kier alpha value is -2.31. The number of ether oxygens (including phenoxy) is 1. The Kier molecular flexibility index (Phi) is 6.19. The second-order valence-corrected chi connectivity index (χ2v) is 6.86. The summed E-state index contributed by atoms with van der Waals surface area (Å²) in [5.41, 5.74) is 1.01. The predicted octanol–water partition coefficient (Wildman–Crippen LogP) is 5.90. The van der Waals surface area contributed by atoms with E-state index < -0.39 is 17.6 Å². The zero-order valence-electron chi connectivity index (χ0n) is 15.4. The van der Waals surface area contributed by atoms with E-state index >= 15 is 0 Å². The minimum atomic E-state index is -4.55. The number of halogens is 3. The summed E-state index contributed by atoms with van der Waals surface area (Å²) in [7, 11) is 0. The van der Waals surface area contributed by atoms with Gasteiger partial charge >= 0.3 is 6.18 Å². The van der Waals surface area contributed by atoms with E-state index in [1.54, 1.807) is 0 Å². The Balaban J connectivity index is 1.76. The highest BCUT2D eigenvalue weighted by Crippen LogP contribution is 2.37. The Morgan fingerprint density at radius 2 is 1.85 bits per heavy atom. The van der Waals surface area contributed by atoms with Gasteiger partial charge in [-0.15, -0.1) is 0 Å². The van der Waals surface area contributed by atoms with Crippen molar-refractivity contribution in [3.63, 3.8) is 0 Å². The van der Waals surface area contributed by atoms with Gasteiger partial charge in [0, 0.05) is 11.9 Å². The van der Waals surface area contributed by atoms with Crippen molar-refractivity contribution in [3.8, 4) is 5.88 Å². The second kappa shape index (κ2) is 8.59. The van der Waals surface area contributed by atoms with Crippen molar-refractivity contribution in [3.05, 3.63) is 41.6 Å². The van der Waals surface area contributed by atoms with Crippen LogP contribution < -0.4 is 10.1 Å². The van der Waals surface area contributed by atoms with Gasteiger partial charge in [0.2, 0.25) is 11.8 Å². The molecule has 0 saturated heterocycles. The van der Waals surface area contributed by atoms with Gasteiger partial charge in [-0.2, -0.15) is 18.2 Å². The van der Waals surface area contributed by atoms with Crippen LogP contribution in [0.5, 0.6) is 5.88 Å². The molecule has 4 nitrogen and oxygen atoms in total. The summed E-state index contributed by atoms with van der Waals surface area (Å²) in [4.78, 5) is 7.83. The fourth-order valence-electron chi connectivity index (χ4n) is 3.14. The first kappa shape index (κ1) is 19.5. The van der Waals surface area contributed by atoms with Crippen LogP contribution in [0.1, 0.15) is 56.6 Å². The molecule has 0 unspecified atom stereocenters. The van der Waals surface area contributed by atoms with Crippen LogP contribution in [-0.4, -0.2) is 16.1 Å². The maximum absolute atomic E-state index is 13.2. The van der Waals surface area contributed by atoms with Crippen LogP contribution in [0.2, 0.25) is 0 Å². The molecule has 1 fully saturated rings. The molecule has 1 saturated carbocycles. The molecule has 0 spiro atoms. The van der Waals surface area contributed by atoms with Crippen molar-refractivity contribution in [1.82, 2.24) is 9.97 Å². The lowest BCUT2D eigenvalue weighted by Crippen LogP contribution is -2.17. The van der Waals surface area contributed by atoms with E-state index in [2.05, 4.69) is 22.2 Å². The molecule has 7 heteroatoms. The first-order valence-corrected chi connectivity index (χ1v) is 9.42. The predicted molar refractivity (Wildman–Crippen MR) is 98.3 cm³/mol. The third-order valence-corrected chi connectivity index (χ3v) is 4.67. The van der Waals surface area contributed by atoms with Gasteiger partial charge in [-0.3, -0.25) is 0 Å². The third kappa shape index (κ3) is 5.34. The van der Waals surface area contributed by atoms with Crippen LogP contribution in [0.15, 0.2) is 30.5 Å². The maximum Gasteiger partial charge on any atom is 0.423 e. The van der Waals surface area contributed by atoms with E-state index in [1.807, 2.05) is 24.3 Å². The van der Waals surface area contributed by atoms with Crippen LogP contribution in [-0.2, 0) is 12.6 Å². The topological polar surface area (TPSA) is 47.0 Å². The highest BCUT2D eigenvalue weighted by molar-refractivity contribution is 5.54. The number of aromatic nitrogens is 2. The smallest absolute Gasteiger partial charge is 0.423 e. The monoisotopic (exact) mass is 379 g/mol. The summed E-state index contributed by atoms with van der Waals surface area (Å²) >= 11 is 0. The van der Waals surface area contributed by atoms with Gasteiger partial charge in [0.05, 0.1) is 0 Å². The van der Waals surface area contributed by atoms with Crippen molar-refractivity contribution >= 4 is 11.6 Å². The number of nitrogens with one attached hydrogen (secondary N) is 1. The standard InChI is InChI=1S/C20H24F3N3O/c1-2-3-6-14-9-11-15(12-10-14)25-19-24-13-17(20(21,22)23)18(26-19)27-16-7-4-5-8-16/h9-13,16H,2-8H2,1H3,(H,24,25,26). The molecule has 0 radical (unpaired) electrons. The van der Waals surface area contributed by atoms with Gasteiger partial charge in [0.1, 0.15) is 11.7 Å². The molecule has 2 aromatic rings. The summed E-state index contributed by atoms with van der Waals surface area (Å²) in [6, 6.07) is 7.75. The maximum atomic E-state index is 13.2. The molecule has 3 rings (SSSR count). The van der Waals surface area contributed by atoms with Gasteiger partial charge in [0.15, 0.2) is 0 Å². The van der Waals surface area contributed by atoms with Crippen molar-refractivity contribution < 1.29 is 17.9 Å². The molecule has 27 heavy (non-hydrogen) atoms. The number of benzene rings is 1. The van der Waals surface area contributed by atoms with Crippen molar-refractivity contribution in [2.75, 3.05) is 5.32 Å². The fourth-order valence-corrected chi connectivity index (χ4v) is 3.14. The number of aryl methyl sites for hydroxylation is 1. The number of hydrogen-bond acceptors (Lipinski definition) is 4. The minimum Gasteiger partial charge on any atom is -0.474 e. The minimum absolute atomic E-state index is 0.0947. The van der Waals surface area contributed by atoms with E-state index in [0.717, 1.165) is 56.8 Å². The zero-order chi connectivity index (χ0) is 19.3. The van der Waals surface area contributed by atoms with Gasteiger partial charge in [-0.25, -0.2) is 4.98 Å². The van der Waals surface area contributed by atoms with Crippen LogP contribution in [0.25, 0.3) is 0 Å². The van der Waals surface area contributed by atoms with E-state index in [9.17, 15) is 13.2 Å². The van der Waals surface area contributed by atoms with Crippen molar-refractivity contribution in [2.24, 2.45) is 0 Å². The molecule has 0 aliphatic heterocycles. The summed E-state index contributed by atoms with van der Waals surface area (Å²) in [5, 5.41) is 2.96. The molecule has 1 aromatic heterocycles. The SMILES string of the molecule is CCCCc1ccc(Nc2ncc(C(F)(F)F)c(OC3CCCC3)n2)cc1. The average Bonchev–Trinajstić information content (AvgIpc) is 3.13. The van der Waals surface area contributed by atoms with Gasteiger partial charge < -0.3 is 10.1 Å². The molecule has 0 atom stereocenters. The van der Waals surface area contributed by atoms with Gasteiger partial charge in [0.25, 0.3) is 0 Å². The van der Waals surface area contributed by atoms with Crippen LogP contribution in [0.4, 0.5) is 24.8 Å². The average molecular weight is 379 g/mol.